The summed E-state index contributed by atoms with van der Waals surface area (Å²) in [6, 6.07) is 8.13. The zero-order valence-corrected chi connectivity index (χ0v) is 7.73. The molecule has 0 aliphatic carbocycles. The van der Waals surface area contributed by atoms with Crippen LogP contribution in [-0.4, -0.2) is 5.05 Å². The van der Waals surface area contributed by atoms with Gasteiger partial charge in [0.25, 0.3) is 0 Å². The van der Waals surface area contributed by atoms with Crippen LogP contribution >= 0.6 is 12.2 Å². The largest absolute Gasteiger partial charge is 0.475 e. The lowest BCUT2D eigenvalue weighted by Gasteiger charge is -2.06. The number of hydrogen-bond donors (Lipinski definition) is 0. The average Bonchev–Trinajstić information content (AvgIpc) is 2.44. The molecule has 1 aromatic rings. The van der Waals surface area contributed by atoms with Crippen molar-refractivity contribution in [1.82, 2.24) is 0 Å². The highest BCUT2D eigenvalue weighted by molar-refractivity contribution is 7.80. The summed E-state index contributed by atoms with van der Waals surface area (Å²) in [6.07, 6.45) is 1.17. The van der Waals surface area contributed by atoms with Gasteiger partial charge in [-0.05, 0) is 24.7 Å². The summed E-state index contributed by atoms with van der Waals surface area (Å²) >= 11 is 5.10. The van der Waals surface area contributed by atoms with Crippen molar-refractivity contribution >= 4 is 17.3 Å². The van der Waals surface area contributed by atoms with Gasteiger partial charge in [-0.1, -0.05) is 25.1 Å². The van der Waals surface area contributed by atoms with Crippen molar-refractivity contribution in [2.24, 2.45) is 0 Å². The van der Waals surface area contributed by atoms with Crippen LogP contribution in [-0.2, 0) is 4.74 Å². The summed E-state index contributed by atoms with van der Waals surface area (Å²) in [4.78, 5) is 0. The van der Waals surface area contributed by atoms with Crippen molar-refractivity contribution < 1.29 is 4.74 Å². The van der Waals surface area contributed by atoms with Gasteiger partial charge in [0.1, 0.15) is 6.10 Å². The Hall–Kier alpha value is -0.890. The minimum atomic E-state index is 0.189. The fourth-order valence-corrected chi connectivity index (χ4v) is 1.83. The van der Waals surface area contributed by atoms with Gasteiger partial charge >= 0.3 is 0 Å². The van der Waals surface area contributed by atoms with E-state index in [-0.39, 0.29) is 6.10 Å². The summed E-state index contributed by atoms with van der Waals surface area (Å²) < 4.78 is 5.51. The molecule has 0 radical (unpaired) electrons. The number of fused-ring (bicyclic) bond motifs is 1. The van der Waals surface area contributed by atoms with Gasteiger partial charge in [0.2, 0.25) is 0 Å². The molecule has 0 saturated carbocycles. The number of hydrogen-bond acceptors (Lipinski definition) is 2. The van der Waals surface area contributed by atoms with Gasteiger partial charge in [-0.25, -0.2) is 0 Å². The van der Waals surface area contributed by atoms with E-state index in [0.717, 1.165) is 12.0 Å². The molecule has 1 aromatic carbocycles. The van der Waals surface area contributed by atoms with Crippen LogP contribution in [0.5, 0.6) is 0 Å². The van der Waals surface area contributed by atoms with Crippen molar-refractivity contribution in [2.45, 2.75) is 19.4 Å². The number of ether oxygens (including phenoxy) is 1. The SMILES string of the molecule is CCC1OC(=S)c2ccccc21. The summed E-state index contributed by atoms with van der Waals surface area (Å²) in [5, 5.41) is 0.650. The standard InChI is InChI=1S/C10H10OS/c1-2-9-7-5-3-4-6-8(7)10(12)11-9/h3-6,9H,2H2,1H3. The molecule has 2 rings (SSSR count). The second-order valence-corrected chi connectivity index (χ2v) is 3.26. The predicted octanol–water partition coefficient (Wildman–Crippen LogP) is 2.84. The van der Waals surface area contributed by atoms with Crippen molar-refractivity contribution in [3.8, 4) is 0 Å². The van der Waals surface area contributed by atoms with Crippen LogP contribution in [0.3, 0.4) is 0 Å². The lowest BCUT2D eigenvalue weighted by Crippen LogP contribution is -1.94. The van der Waals surface area contributed by atoms with Crippen LogP contribution < -0.4 is 0 Å². The van der Waals surface area contributed by atoms with Gasteiger partial charge in [-0.3, -0.25) is 0 Å². The molecule has 0 amide bonds. The first-order valence-corrected chi connectivity index (χ1v) is 4.53. The molecule has 1 aliphatic rings. The molecule has 1 heterocycles. The fraction of sp³-hybridized carbons (Fsp3) is 0.300. The Morgan fingerprint density at radius 2 is 2.17 bits per heavy atom. The Morgan fingerprint density at radius 1 is 1.42 bits per heavy atom. The Kier molecular flexibility index (Phi) is 1.85. The zero-order chi connectivity index (χ0) is 8.55. The van der Waals surface area contributed by atoms with Gasteiger partial charge in [-0.15, -0.1) is 0 Å². The highest BCUT2D eigenvalue weighted by Crippen LogP contribution is 2.32. The molecular weight excluding hydrogens is 168 g/mol. The van der Waals surface area contributed by atoms with Crippen molar-refractivity contribution in [3.05, 3.63) is 35.4 Å². The molecule has 0 saturated heterocycles. The Balaban J connectivity index is 2.50. The van der Waals surface area contributed by atoms with E-state index in [2.05, 4.69) is 13.0 Å². The Labute approximate surface area is 77.4 Å². The van der Waals surface area contributed by atoms with Crippen LogP contribution in [0.4, 0.5) is 0 Å². The van der Waals surface area contributed by atoms with E-state index in [0.29, 0.717) is 5.05 Å². The molecule has 0 fully saturated rings. The van der Waals surface area contributed by atoms with E-state index in [1.165, 1.54) is 5.56 Å². The Morgan fingerprint density at radius 3 is 2.92 bits per heavy atom. The average molecular weight is 178 g/mol. The first-order valence-electron chi connectivity index (χ1n) is 4.13. The van der Waals surface area contributed by atoms with E-state index in [1.54, 1.807) is 0 Å². The van der Waals surface area contributed by atoms with Gasteiger partial charge in [0.05, 0.1) is 0 Å². The van der Waals surface area contributed by atoms with Crippen LogP contribution in [0.25, 0.3) is 0 Å². The molecule has 1 atom stereocenters. The van der Waals surface area contributed by atoms with Crippen LogP contribution in [0.2, 0.25) is 0 Å². The second kappa shape index (κ2) is 2.87. The summed E-state index contributed by atoms with van der Waals surface area (Å²) in [6.45, 7) is 2.11. The van der Waals surface area contributed by atoms with Crippen LogP contribution in [0.15, 0.2) is 24.3 Å². The van der Waals surface area contributed by atoms with Crippen LogP contribution in [0, 0.1) is 0 Å². The van der Waals surface area contributed by atoms with Gasteiger partial charge in [-0.2, -0.15) is 0 Å². The quantitative estimate of drug-likeness (QED) is 0.611. The lowest BCUT2D eigenvalue weighted by molar-refractivity contribution is 0.211. The first-order chi connectivity index (χ1) is 5.83. The molecule has 62 valence electrons. The molecular formula is C10H10OS. The van der Waals surface area contributed by atoms with Gasteiger partial charge < -0.3 is 4.74 Å². The molecule has 1 aliphatic heterocycles. The molecule has 0 aromatic heterocycles. The molecule has 0 spiro atoms. The third-order valence-electron chi connectivity index (χ3n) is 2.15. The highest BCUT2D eigenvalue weighted by atomic mass is 32.1. The van der Waals surface area contributed by atoms with E-state index in [1.807, 2.05) is 18.2 Å². The maximum Gasteiger partial charge on any atom is 0.192 e. The third kappa shape index (κ3) is 1.03. The minimum Gasteiger partial charge on any atom is -0.475 e. The zero-order valence-electron chi connectivity index (χ0n) is 6.91. The van der Waals surface area contributed by atoms with Crippen molar-refractivity contribution in [2.75, 3.05) is 0 Å². The first kappa shape index (κ1) is 7.74. The van der Waals surface area contributed by atoms with E-state index < -0.39 is 0 Å². The summed E-state index contributed by atoms with van der Waals surface area (Å²) in [5.74, 6) is 0. The third-order valence-corrected chi connectivity index (χ3v) is 2.46. The van der Waals surface area contributed by atoms with Gasteiger partial charge in [0, 0.05) is 11.1 Å². The number of benzene rings is 1. The summed E-state index contributed by atoms with van der Waals surface area (Å²) in [5.41, 5.74) is 2.34. The molecule has 1 nitrogen and oxygen atoms in total. The number of rotatable bonds is 1. The molecule has 12 heavy (non-hydrogen) atoms. The second-order valence-electron chi connectivity index (χ2n) is 2.89. The molecule has 2 heteroatoms. The molecule has 0 bridgehead atoms. The lowest BCUT2D eigenvalue weighted by atomic mass is 10.0. The Bertz CT molecular complexity index is 319. The smallest absolute Gasteiger partial charge is 0.192 e. The monoisotopic (exact) mass is 178 g/mol. The highest BCUT2D eigenvalue weighted by Gasteiger charge is 2.25. The molecule has 0 N–H and O–H groups in total. The van der Waals surface area contributed by atoms with Crippen molar-refractivity contribution in [1.29, 1.82) is 0 Å². The van der Waals surface area contributed by atoms with E-state index in [4.69, 9.17) is 17.0 Å². The minimum absolute atomic E-state index is 0.189. The fourth-order valence-electron chi connectivity index (χ4n) is 1.52. The predicted molar refractivity (Wildman–Crippen MR) is 52.3 cm³/mol. The number of thiocarbonyl (C=S) groups is 1. The van der Waals surface area contributed by atoms with E-state index in [9.17, 15) is 0 Å². The van der Waals surface area contributed by atoms with E-state index >= 15 is 0 Å². The maximum absolute atomic E-state index is 5.51. The normalized spacial score (nSPS) is 20.4. The summed E-state index contributed by atoms with van der Waals surface area (Å²) in [7, 11) is 0. The maximum atomic E-state index is 5.51. The molecule has 1 unspecified atom stereocenters. The van der Waals surface area contributed by atoms with Crippen molar-refractivity contribution in [3.63, 3.8) is 0 Å². The topological polar surface area (TPSA) is 9.23 Å². The van der Waals surface area contributed by atoms with Crippen LogP contribution in [0.1, 0.15) is 30.6 Å². The van der Waals surface area contributed by atoms with Gasteiger partial charge in [0.15, 0.2) is 5.05 Å².